The van der Waals surface area contributed by atoms with E-state index in [1.165, 1.54) is 0 Å². The van der Waals surface area contributed by atoms with Crippen LogP contribution in [-0.2, 0) is 4.74 Å². The Bertz CT molecular complexity index is 469. The lowest BCUT2D eigenvalue weighted by atomic mass is 10.1. The maximum atomic E-state index is 13.8. The molecule has 1 aromatic heterocycles. The van der Waals surface area contributed by atoms with Gasteiger partial charge in [-0.05, 0) is 19.3 Å². The zero-order valence-electron chi connectivity index (χ0n) is 9.90. The Morgan fingerprint density at radius 2 is 2.17 bits per heavy atom. The van der Waals surface area contributed by atoms with Crippen molar-refractivity contribution in [2.75, 3.05) is 23.8 Å². The molecule has 0 aromatic carbocycles. The van der Waals surface area contributed by atoms with Gasteiger partial charge in [-0.2, -0.15) is 0 Å². The zero-order valence-corrected chi connectivity index (χ0v) is 9.90. The summed E-state index contributed by atoms with van der Waals surface area (Å²) in [4.78, 5) is 5.72. The van der Waals surface area contributed by atoms with Crippen molar-refractivity contribution in [2.24, 2.45) is 0 Å². The topological polar surface area (TPSA) is 51.4 Å². The minimum Gasteiger partial charge on any atom is -0.381 e. The summed E-state index contributed by atoms with van der Waals surface area (Å²) in [5.41, 5.74) is 5.42. The van der Waals surface area contributed by atoms with Gasteiger partial charge < -0.3 is 15.4 Å². The Morgan fingerprint density at radius 3 is 3.00 bits per heavy atom. The maximum Gasteiger partial charge on any atom is 0.168 e. The average molecular weight is 255 g/mol. The lowest BCUT2D eigenvalue weighted by Crippen LogP contribution is -2.49. The highest BCUT2D eigenvalue weighted by atomic mass is 19.1. The highest BCUT2D eigenvalue weighted by Gasteiger charge is 2.37. The summed E-state index contributed by atoms with van der Waals surface area (Å²) in [5.74, 6) is -1.58. The molecule has 1 saturated heterocycles. The summed E-state index contributed by atoms with van der Waals surface area (Å²) in [6, 6.07) is 0.933. The third kappa shape index (κ3) is 1.80. The molecule has 2 unspecified atom stereocenters. The molecule has 0 radical (unpaired) electrons. The second-order valence-corrected chi connectivity index (χ2v) is 4.76. The van der Waals surface area contributed by atoms with Gasteiger partial charge >= 0.3 is 0 Å². The first kappa shape index (κ1) is 11.6. The summed E-state index contributed by atoms with van der Waals surface area (Å²) < 4.78 is 32.6. The monoisotopic (exact) mass is 255 g/mol. The van der Waals surface area contributed by atoms with Crippen LogP contribution in [0.25, 0.3) is 0 Å². The first-order chi connectivity index (χ1) is 8.66. The fourth-order valence-electron chi connectivity index (χ4n) is 2.86. The van der Waals surface area contributed by atoms with E-state index < -0.39 is 11.6 Å². The van der Waals surface area contributed by atoms with Gasteiger partial charge in [0.15, 0.2) is 23.3 Å². The maximum absolute atomic E-state index is 13.8. The second kappa shape index (κ2) is 4.35. The van der Waals surface area contributed by atoms with E-state index in [1.54, 1.807) is 0 Å². The van der Waals surface area contributed by atoms with Crippen LogP contribution in [0, 0.1) is 11.6 Å². The molecule has 1 aromatic rings. The van der Waals surface area contributed by atoms with E-state index in [9.17, 15) is 8.78 Å². The molecule has 98 valence electrons. The van der Waals surface area contributed by atoms with Crippen molar-refractivity contribution in [2.45, 2.75) is 31.4 Å². The number of nitrogens with zero attached hydrogens (tertiary/aromatic N) is 2. The minimum absolute atomic E-state index is 0.130. The summed E-state index contributed by atoms with van der Waals surface area (Å²) >= 11 is 0. The Balaban J connectivity index is 1.96. The van der Waals surface area contributed by atoms with Gasteiger partial charge in [0.2, 0.25) is 0 Å². The molecule has 2 aliphatic rings. The number of fused-ring (bicyclic) bond motifs is 1. The molecular weight excluding hydrogens is 240 g/mol. The van der Waals surface area contributed by atoms with E-state index in [4.69, 9.17) is 10.5 Å². The minimum atomic E-state index is -0.813. The van der Waals surface area contributed by atoms with Gasteiger partial charge in [0, 0.05) is 12.6 Å². The van der Waals surface area contributed by atoms with Crippen molar-refractivity contribution in [3.05, 3.63) is 17.7 Å². The molecule has 1 aliphatic carbocycles. The Labute approximate surface area is 104 Å². The zero-order chi connectivity index (χ0) is 12.7. The van der Waals surface area contributed by atoms with Crippen molar-refractivity contribution in [1.82, 2.24) is 4.98 Å². The molecule has 6 heteroatoms. The van der Waals surface area contributed by atoms with Gasteiger partial charge in [-0.25, -0.2) is 13.8 Å². The largest absolute Gasteiger partial charge is 0.381 e. The molecule has 0 spiro atoms. The van der Waals surface area contributed by atoms with E-state index >= 15 is 0 Å². The molecule has 2 heterocycles. The normalized spacial score (nSPS) is 27.3. The number of pyridine rings is 1. The van der Waals surface area contributed by atoms with E-state index in [0.717, 1.165) is 25.3 Å². The van der Waals surface area contributed by atoms with E-state index in [1.807, 2.05) is 4.90 Å². The molecule has 3 rings (SSSR count). The first-order valence-electron chi connectivity index (χ1n) is 6.16. The molecule has 0 amide bonds. The predicted octanol–water partition coefficient (Wildman–Crippen LogP) is 1.70. The smallest absolute Gasteiger partial charge is 0.168 e. The standard InChI is InChI=1S/C12H15F2N3O/c13-7-6-8(14)12(16-11(7)15)17-4-5-18-10-3-1-2-9(10)17/h6,9-10H,1-5H2,(H2,15,16). The number of hydrogen-bond donors (Lipinski definition) is 1. The summed E-state index contributed by atoms with van der Waals surface area (Å²) in [6.07, 6.45) is 3.12. The number of hydrogen-bond acceptors (Lipinski definition) is 4. The number of morpholine rings is 1. The van der Waals surface area contributed by atoms with Gasteiger partial charge in [-0.3, -0.25) is 0 Å². The molecule has 18 heavy (non-hydrogen) atoms. The lowest BCUT2D eigenvalue weighted by Gasteiger charge is -2.38. The van der Waals surface area contributed by atoms with Gasteiger partial charge in [-0.15, -0.1) is 0 Å². The molecule has 2 atom stereocenters. The van der Waals surface area contributed by atoms with Crippen molar-refractivity contribution in [1.29, 1.82) is 0 Å². The Morgan fingerprint density at radius 1 is 1.33 bits per heavy atom. The molecule has 1 aliphatic heterocycles. The van der Waals surface area contributed by atoms with E-state index in [2.05, 4.69) is 4.98 Å². The van der Waals surface area contributed by atoms with Gasteiger partial charge in [0.05, 0.1) is 18.8 Å². The Hall–Kier alpha value is -1.43. The van der Waals surface area contributed by atoms with E-state index in [-0.39, 0.29) is 23.8 Å². The number of nitrogen functional groups attached to an aromatic ring is 1. The highest BCUT2D eigenvalue weighted by molar-refractivity contribution is 5.48. The first-order valence-corrected chi connectivity index (χ1v) is 6.16. The fourth-order valence-corrected chi connectivity index (χ4v) is 2.86. The molecule has 2 N–H and O–H groups in total. The van der Waals surface area contributed by atoms with Gasteiger partial charge in [-0.1, -0.05) is 0 Å². The number of rotatable bonds is 1. The van der Waals surface area contributed by atoms with Crippen LogP contribution in [0.2, 0.25) is 0 Å². The highest BCUT2D eigenvalue weighted by Crippen LogP contribution is 2.33. The molecule has 4 nitrogen and oxygen atoms in total. The molecule has 1 saturated carbocycles. The average Bonchev–Trinajstić information content (AvgIpc) is 2.82. The Kier molecular flexibility index (Phi) is 2.81. The lowest BCUT2D eigenvalue weighted by molar-refractivity contribution is 0.0250. The van der Waals surface area contributed by atoms with Crippen LogP contribution in [0.4, 0.5) is 20.4 Å². The number of anilines is 2. The number of aromatic nitrogens is 1. The molecular formula is C12H15F2N3O. The van der Waals surface area contributed by atoms with Crippen LogP contribution in [0.15, 0.2) is 6.07 Å². The van der Waals surface area contributed by atoms with Crippen LogP contribution >= 0.6 is 0 Å². The fraction of sp³-hybridized carbons (Fsp3) is 0.583. The molecule has 0 bridgehead atoms. The van der Waals surface area contributed by atoms with Gasteiger partial charge in [0.1, 0.15) is 0 Å². The van der Waals surface area contributed by atoms with Crippen LogP contribution in [0.1, 0.15) is 19.3 Å². The quantitative estimate of drug-likeness (QED) is 0.829. The predicted molar refractivity (Wildman–Crippen MR) is 63.3 cm³/mol. The van der Waals surface area contributed by atoms with Crippen LogP contribution < -0.4 is 10.6 Å². The van der Waals surface area contributed by atoms with Crippen molar-refractivity contribution < 1.29 is 13.5 Å². The van der Waals surface area contributed by atoms with Crippen LogP contribution in [-0.4, -0.2) is 30.3 Å². The number of nitrogens with two attached hydrogens (primary N) is 1. The van der Waals surface area contributed by atoms with Crippen molar-refractivity contribution in [3.63, 3.8) is 0 Å². The molecule has 2 fully saturated rings. The SMILES string of the molecule is Nc1nc(N2CCOC3CCCC32)c(F)cc1F. The van der Waals surface area contributed by atoms with Crippen LogP contribution in [0.5, 0.6) is 0 Å². The van der Waals surface area contributed by atoms with Crippen molar-refractivity contribution in [3.8, 4) is 0 Å². The summed E-state index contributed by atoms with van der Waals surface area (Å²) in [7, 11) is 0. The van der Waals surface area contributed by atoms with Crippen LogP contribution in [0.3, 0.4) is 0 Å². The third-order valence-electron chi connectivity index (χ3n) is 3.69. The summed E-state index contributed by atoms with van der Waals surface area (Å²) in [6.45, 7) is 1.11. The van der Waals surface area contributed by atoms with Crippen molar-refractivity contribution >= 4 is 11.6 Å². The summed E-state index contributed by atoms with van der Waals surface area (Å²) in [5, 5.41) is 0. The van der Waals surface area contributed by atoms with E-state index in [0.29, 0.717) is 13.2 Å². The third-order valence-corrected chi connectivity index (χ3v) is 3.69. The van der Waals surface area contributed by atoms with Gasteiger partial charge in [0.25, 0.3) is 0 Å². The number of ether oxygens (including phenoxy) is 1. The second-order valence-electron chi connectivity index (χ2n) is 4.76. The number of halogens is 2.